The molecule has 21 heavy (non-hydrogen) atoms. The number of carbonyl (C=O) groups excluding carboxylic acids is 1. The molecule has 0 aliphatic rings. The molecule has 0 atom stereocenters. The van der Waals surface area contributed by atoms with Crippen molar-refractivity contribution in [1.29, 1.82) is 0 Å². The molecule has 4 nitrogen and oxygen atoms in total. The van der Waals surface area contributed by atoms with Gasteiger partial charge < -0.3 is 9.64 Å². The summed E-state index contributed by atoms with van der Waals surface area (Å²) < 4.78 is 5.55. The number of likely N-dealkylation sites (N-methyl/N-ethyl adjacent to an activating group) is 1. The van der Waals surface area contributed by atoms with E-state index < -0.39 is 0 Å². The molecule has 0 unspecified atom stereocenters. The summed E-state index contributed by atoms with van der Waals surface area (Å²) in [5.41, 5.74) is 1.89. The van der Waals surface area contributed by atoms with Crippen molar-refractivity contribution in [3.63, 3.8) is 0 Å². The van der Waals surface area contributed by atoms with E-state index in [1.165, 1.54) is 0 Å². The fourth-order valence-electron chi connectivity index (χ4n) is 1.88. The molecule has 1 aromatic carbocycles. The average molecular weight is 305 g/mol. The maximum Gasteiger partial charge on any atom is 0.260 e. The second-order valence-corrected chi connectivity index (χ2v) is 5.25. The molecule has 0 spiro atoms. The molecular weight excluding hydrogens is 288 g/mol. The van der Waals surface area contributed by atoms with Crippen molar-refractivity contribution in [2.75, 3.05) is 13.7 Å². The Morgan fingerprint density at radius 3 is 2.86 bits per heavy atom. The molecule has 0 radical (unpaired) electrons. The minimum Gasteiger partial charge on any atom is -0.483 e. The molecule has 0 fully saturated rings. The SMILES string of the molecule is Cc1cc(Cl)ccc1OCC(=O)N(C)Cc1cccnc1. The second kappa shape index (κ2) is 7.09. The van der Waals surface area contributed by atoms with Crippen LogP contribution in [0.3, 0.4) is 0 Å². The van der Waals surface area contributed by atoms with Crippen LogP contribution in [0.25, 0.3) is 0 Å². The van der Waals surface area contributed by atoms with Gasteiger partial charge in [0.2, 0.25) is 0 Å². The van der Waals surface area contributed by atoms with Crippen molar-refractivity contribution in [2.45, 2.75) is 13.5 Å². The van der Waals surface area contributed by atoms with Gasteiger partial charge in [-0.1, -0.05) is 17.7 Å². The maximum absolute atomic E-state index is 12.1. The summed E-state index contributed by atoms with van der Waals surface area (Å²) >= 11 is 5.88. The van der Waals surface area contributed by atoms with Gasteiger partial charge in [-0.3, -0.25) is 9.78 Å². The van der Waals surface area contributed by atoms with Crippen LogP contribution in [-0.2, 0) is 11.3 Å². The molecule has 0 saturated carbocycles. The number of aromatic nitrogens is 1. The quantitative estimate of drug-likeness (QED) is 0.852. The van der Waals surface area contributed by atoms with Gasteiger partial charge in [0.25, 0.3) is 5.91 Å². The van der Waals surface area contributed by atoms with Crippen LogP contribution in [0.15, 0.2) is 42.7 Å². The van der Waals surface area contributed by atoms with Crippen molar-refractivity contribution in [1.82, 2.24) is 9.88 Å². The monoisotopic (exact) mass is 304 g/mol. The summed E-state index contributed by atoms with van der Waals surface area (Å²) in [6.07, 6.45) is 3.45. The van der Waals surface area contributed by atoms with Gasteiger partial charge in [0.15, 0.2) is 6.61 Å². The minimum absolute atomic E-state index is 0.000759. The zero-order valence-electron chi connectivity index (χ0n) is 12.0. The lowest BCUT2D eigenvalue weighted by Crippen LogP contribution is -2.31. The summed E-state index contributed by atoms with van der Waals surface area (Å²) in [6, 6.07) is 9.10. The minimum atomic E-state index is -0.0896. The second-order valence-electron chi connectivity index (χ2n) is 4.81. The number of carbonyl (C=O) groups is 1. The van der Waals surface area contributed by atoms with E-state index in [4.69, 9.17) is 16.3 Å². The molecule has 1 amide bonds. The van der Waals surface area contributed by atoms with Gasteiger partial charge in [0, 0.05) is 31.0 Å². The van der Waals surface area contributed by atoms with Gasteiger partial charge >= 0.3 is 0 Å². The van der Waals surface area contributed by atoms with Crippen LogP contribution in [-0.4, -0.2) is 29.4 Å². The molecule has 0 aliphatic carbocycles. The number of hydrogen-bond acceptors (Lipinski definition) is 3. The van der Waals surface area contributed by atoms with Gasteiger partial charge in [-0.2, -0.15) is 0 Å². The third-order valence-corrected chi connectivity index (χ3v) is 3.29. The van der Waals surface area contributed by atoms with Crippen LogP contribution in [0.4, 0.5) is 0 Å². The fraction of sp³-hybridized carbons (Fsp3) is 0.250. The smallest absolute Gasteiger partial charge is 0.260 e. The lowest BCUT2D eigenvalue weighted by molar-refractivity contribution is -0.132. The summed E-state index contributed by atoms with van der Waals surface area (Å²) in [4.78, 5) is 17.7. The average Bonchev–Trinajstić information content (AvgIpc) is 2.47. The summed E-state index contributed by atoms with van der Waals surface area (Å²) in [7, 11) is 1.74. The number of rotatable bonds is 5. The number of aryl methyl sites for hydroxylation is 1. The molecule has 2 aromatic rings. The Labute approximate surface area is 129 Å². The lowest BCUT2D eigenvalue weighted by Gasteiger charge is -2.18. The Morgan fingerprint density at radius 1 is 1.38 bits per heavy atom. The van der Waals surface area contributed by atoms with Gasteiger partial charge in [0.05, 0.1) is 0 Å². The van der Waals surface area contributed by atoms with Crippen molar-refractivity contribution in [2.24, 2.45) is 0 Å². The normalized spacial score (nSPS) is 10.2. The molecule has 110 valence electrons. The first kappa shape index (κ1) is 15.3. The van der Waals surface area contributed by atoms with Crippen LogP contribution in [0, 0.1) is 6.92 Å². The number of amides is 1. The molecule has 0 aliphatic heterocycles. The van der Waals surface area contributed by atoms with E-state index in [-0.39, 0.29) is 12.5 Å². The van der Waals surface area contributed by atoms with E-state index in [2.05, 4.69) is 4.98 Å². The molecule has 0 bridgehead atoms. The van der Waals surface area contributed by atoms with E-state index in [1.54, 1.807) is 42.5 Å². The molecule has 5 heteroatoms. The van der Waals surface area contributed by atoms with Crippen molar-refractivity contribution in [3.8, 4) is 5.75 Å². The highest BCUT2D eigenvalue weighted by Gasteiger charge is 2.11. The molecule has 1 heterocycles. The van der Waals surface area contributed by atoms with Crippen LogP contribution in [0.5, 0.6) is 5.75 Å². The first-order valence-corrected chi connectivity index (χ1v) is 6.96. The largest absolute Gasteiger partial charge is 0.483 e. The highest BCUT2D eigenvalue weighted by molar-refractivity contribution is 6.30. The Hall–Kier alpha value is -2.07. The summed E-state index contributed by atoms with van der Waals surface area (Å²) in [5.74, 6) is 0.579. The predicted molar refractivity (Wildman–Crippen MR) is 82.4 cm³/mol. The highest BCUT2D eigenvalue weighted by Crippen LogP contribution is 2.21. The van der Waals surface area contributed by atoms with Crippen LogP contribution in [0.1, 0.15) is 11.1 Å². The summed E-state index contributed by atoms with van der Waals surface area (Å²) in [5, 5.41) is 0.653. The molecule has 1 aromatic heterocycles. The Morgan fingerprint density at radius 2 is 2.19 bits per heavy atom. The van der Waals surface area contributed by atoms with Crippen LogP contribution in [0.2, 0.25) is 5.02 Å². The fourth-order valence-corrected chi connectivity index (χ4v) is 2.10. The van der Waals surface area contributed by atoms with Crippen LogP contribution < -0.4 is 4.74 Å². The van der Waals surface area contributed by atoms with Gasteiger partial charge in [-0.15, -0.1) is 0 Å². The zero-order valence-corrected chi connectivity index (χ0v) is 12.8. The van der Waals surface area contributed by atoms with Gasteiger partial charge in [-0.05, 0) is 42.3 Å². The molecule has 0 N–H and O–H groups in total. The topological polar surface area (TPSA) is 42.4 Å². The standard InChI is InChI=1S/C16H17ClN2O2/c1-12-8-14(17)5-6-15(12)21-11-16(20)19(2)10-13-4-3-7-18-9-13/h3-9H,10-11H2,1-2H3. The van der Waals surface area contributed by atoms with E-state index in [1.807, 2.05) is 19.1 Å². The van der Waals surface area contributed by atoms with Gasteiger partial charge in [-0.25, -0.2) is 0 Å². The number of halogens is 1. The first-order chi connectivity index (χ1) is 10.1. The van der Waals surface area contributed by atoms with Gasteiger partial charge in [0.1, 0.15) is 5.75 Å². The molecule has 0 saturated heterocycles. The highest BCUT2D eigenvalue weighted by atomic mass is 35.5. The molecule has 2 rings (SSSR count). The first-order valence-electron chi connectivity index (χ1n) is 6.58. The lowest BCUT2D eigenvalue weighted by atomic mass is 10.2. The third kappa shape index (κ3) is 4.46. The van der Waals surface area contributed by atoms with Crippen molar-refractivity contribution >= 4 is 17.5 Å². The Bertz CT molecular complexity index is 617. The number of ether oxygens (including phenoxy) is 1. The van der Waals surface area contributed by atoms with Crippen molar-refractivity contribution < 1.29 is 9.53 Å². The number of nitrogens with zero attached hydrogens (tertiary/aromatic N) is 2. The number of hydrogen-bond donors (Lipinski definition) is 0. The van der Waals surface area contributed by atoms with Crippen LogP contribution >= 0.6 is 11.6 Å². The Balaban J connectivity index is 1.89. The van der Waals surface area contributed by atoms with E-state index in [0.29, 0.717) is 17.3 Å². The third-order valence-electron chi connectivity index (χ3n) is 3.06. The zero-order chi connectivity index (χ0) is 15.2. The number of benzene rings is 1. The maximum atomic E-state index is 12.1. The number of pyridine rings is 1. The summed E-state index contributed by atoms with van der Waals surface area (Å²) in [6.45, 7) is 2.40. The van der Waals surface area contributed by atoms with Crippen molar-refractivity contribution in [3.05, 3.63) is 58.9 Å². The predicted octanol–water partition coefficient (Wildman–Crippen LogP) is 3.08. The Kier molecular flexibility index (Phi) is 5.17. The van der Waals surface area contributed by atoms with E-state index in [0.717, 1.165) is 11.1 Å². The van der Waals surface area contributed by atoms with E-state index >= 15 is 0 Å². The van der Waals surface area contributed by atoms with E-state index in [9.17, 15) is 4.79 Å². The molecular formula is C16H17ClN2O2.